The summed E-state index contributed by atoms with van der Waals surface area (Å²) in [6.07, 6.45) is 0. The van der Waals surface area contributed by atoms with Gasteiger partial charge in [-0.3, -0.25) is 0 Å². The maximum atomic E-state index is 11.7. The predicted octanol–water partition coefficient (Wildman–Crippen LogP) is 0.483. The molecule has 3 N–H and O–H groups in total. The summed E-state index contributed by atoms with van der Waals surface area (Å²) in [4.78, 5) is 15.5. The lowest BCUT2D eigenvalue weighted by Crippen LogP contribution is -2.42. The number of pyridine rings is 1. The van der Waals surface area contributed by atoms with Crippen LogP contribution in [-0.2, 0) is 19.6 Å². The fraction of sp³-hybridized carbons (Fsp3) is 0.455. The summed E-state index contributed by atoms with van der Waals surface area (Å²) in [6, 6.07) is 4.30. The van der Waals surface area contributed by atoms with Gasteiger partial charge in [0.15, 0.2) is 5.03 Å². The van der Waals surface area contributed by atoms with Crippen molar-refractivity contribution in [3.8, 4) is 0 Å². The molecule has 1 heterocycles. The average Bonchev–Trinajstić information content (AvgIpc) is 2.28. The highest BCUT2D eigenvalue weighted by Crippen LogP contribution is 2.16. The van der Waals surface area contributed by atoms with Gasteiger partial charge in [0.25, 0.3) is 10.0 Å². The molecule has 0 spiro atoms. The molecule has 1 aromatic rings. The van der Waals surface area contributed by atoms with Crippen LogP contribution in [0.5, 0.6) is 0 Å². The van der Waals surface area contributed by atoms with E-state index in [1.54, 1.807) is 20.8 Å². The zero-order chi connectivity index (χ0) is 14.7. The van der Waals surface area contributed by atoms with Crippen molar-refractivity contribution < 1.29 is 17.9 Å². The molecule has 0 radical (unpaired) electrons. The molecule has 0 unspecified atom stereocenters. The molecule has 0 fully saturated rings. The maximum absolute atomic E-state index is 11.7. The van der Waals surface area contributed by atoms with E-state index in [1.165, 1.54) is 18.2 Å². The molecular weight excluding hydrogens is 270 g/mol. The van der Waals surface area contributed by atoms with Gasteiger partial charge < -0.3 is 10.1 Å². The van der Waals surface area contributed by atoms with Crippen LogP contribution in [0, 0.1) is 0 Å². The summed E-state index contributed by atoms with van der Waals surface area (Å²) >= 11 is 0. The number of nitrogens with one attached hydrogen (secondary N) is 1. The number of sulfonamides is 1. The van der Waals surface area contributed by atoms with E-state index in [0.29, 0.717) is 0 Å². The van der Waals surface area contributed by atoms with Crippen LogP contribution in [-0.4, -0.2) is 31.5 Å². The minimum absolute atomic E-state index is 0.226. The number of ether oxygens (including phenoxy) is 1. The van der Waals surface area contributed by atoms with E-state index in [1.807, 2.05) is 0 Å². The number of esters is 1. The van der Waals surface area contributed by atoms with Crippen molar-refractivity contribution in [1.29, 1.82) is 0 Å². The maximum Gasteiger partial charge on any atom is 0.331 e. The van der Waals surface area contributed by atoms with Gasteiger partial charge in [-0.1, -0.05) is 6.07 Å². The van der Waals surface area contributed by atoms with Crippen LogP contribution in [0.25, 0.3) is 0 Å². The molecule has 0 saturated heterocycles. The summed E-state index contributed by atoms with van der Waals surface area (Å²) < 4.78 is 27.3. The number of carbonyl (C=O) groups is 1. The van der Waals surface area contributed by atoms with Crippen LogP contribution < -0.4 is 10.5 Å². The summed E-state index contributed by atoms with van der Waals surface area (Å²) in [5.41, 5.74) is -1.03. The van der Waals surface area contributed by atoms with Gasteiger partial charge in [-0.2, -0.15) is 0 Å². The molecule has 0 aromatic carbocycles. The zero-order valence-electron chi connectivity index (χ0n) is 11.0. The van der Waals surface area contributed by atoms with Crippen molar-refractivity contribution in [1.82, 2.24) is 4.98 Å². The van der Waals surface area contributed by atoms with Crippen LogP contribution in [0.4, 0.5) is 5.82 Å². The number of rotatable bonds is 5. The molecule has 0 amide bonds. The Hall–Kier alpha value is -1.67. The molecule has 0 aliphatic rings. The monoisotopic (exact) mass is 287 g/mol. The minimum Gasteiger partial charge on any atom is -0.464 e. The van der Waals surface area contributed by atoms with Gasteiger partial charge in [-0.25, -0.2) is 23.3 Å². The first-order valence-electron chi connectivity index (χ1n) is 5.62. The highest BCUT2D eigenvalue weighted by atomic mass is 32.2. The van der Waals surface area contributed by atoms with E-state index in [2.05, 4.69) is 10.3 Å². The second-order valence-corrected chi connectivity index (χ2v) is 5.88. The quantitative estimate of drug-likeness (QED) is 0.762. The van der Waals surface area contributed by atoms with Crippen molar-refractivity contribution in [3.63, 3.8) is 0 Å². The third kappa shape index (κ3) is 4.18. The standard InChI is InChI=1S/C11H17N3O4S/c1-4-18-10(15)11(2,3)14-8-6-5-7-9(13-8)19(12,16)17/h5-7H,4H2,1-3H3,(H,13,14)(H2,12,16,17). The van der Waals surface area contributed by atoms with Crippen LogP contribution in [0.3, 0.4) is 0 Å². The van der Waals surface area contributed by atoms with Crippen LogP contribution in [0.2, 0.25) is 0 Å². The minimum atomic E-state index is -3.88. The predicted molar refractivity (Wildman–Crippen MR) is 69.9 cm³/mol. The molecule has 1 aromatic heterocycles. The van der Waals surface area contributed by atoms with Gasteiger partial charge in [0.05, 0.1) is 6.61 Å². The summed E-state index contributed by atoms with van der Waals surface area (Å²) in [6.45, 7) is 5.18. The lowest BCUT2D eigenvalue weighted by Gasteiger charge is -2.24. The Morgan fingerprint density at radius 1 is 1.47 bits per heavy atom. The number of aromatic nitrogens is 1. The number of primary sulfonamides is 1. The second kappa shape index (κ2) is 5.54. The number of carbonyl (C=O) groups excluding carboxylic acids is 1. The average molecular weight is 287 g/mol. The summed E-state index contributed by atoms with van der Waals surface area (Å²) in [7, 11) is -3.88. The van der Waals surface area contributed by atoms with Gasteiger partial charge in [0.1, 0.15) is 11.4 Å². The van der Waals surface area contributed by atoms with E-state index in [4.69, 9.17) is 9.88 Å². The molecule has 0 atom stereocenters. The van der Waals surface area contributed by atoms with E-state index in [0.717, 1.165) is 0 Å². The van der Waals surface area contributed by atoms with Crippen molar-refractivity contribution in [2.24, 2.45) is 5.14 Å². The number of hydrogen-bond acceptors (Lipinski definition) is 6. The van der Waals surface area contributed by atoms with E-state index in [-0.39, 0.29) is 17.5 Å². The number of hydrogen-bond donors (Lipinski definition) is 2. The third-order valence-electron chi connectivity index (χ3n) is 2.24. The Kier molecular flexibility index (Phi) is 4.48. The van der Waals surface area contributed by atoms with E-state index >= 15 is 0 Å². The zero-order valence-corrected chi connectivity index (χ0v) is 11.8. The molecule has 0 aliphatic carbocycles. The van der Waals surface area contributed by atoms with Crippen LogP contribution in [0.15, 0.2) is 23.2 Å². The van der Waals surface area contributed by atoms with Crippen molar-refractivity contribution in [2.45, 2.75) is 31.3 Å². The van der Waals surface area contributed by atoms with E-state index < -0.39 is 21.5 Å². The Morgan fingerprint density at radius 3 is 2.63 bits per heavy atom. The Bertz CT molecular complexity index is 569. The van der Waals surface area contributed by atoms with E-state index in [9.17, 15) is 13.2 Å². The Balaban J connectivity index is 2.97. The van der Waals surface area contributed by atoms with Gasteiger partial charge in [0, 0.05) is 0 Å². The van der Waals surface area contributed by atoms with Gasteiger partial charge in [0.2, 0.25) is 0 Å². The van der Waals surface area contributed by atoms with Gasteiger partial charge in [-0.05, 0) is 32.9 Å². The lowest BCUT2D eigenvalue weighted by molar-refractivity contribution is -0.147. The van der Waals surface area contributed by atoms with Gasteiger partial charge in [-0.15, -0.1) is 0 Å². The molecule has 1 rings (SSSR count). The van der Waals surface area contributed by atoms with Crippen molar-refractivity contribution in [2.75, 3.05) is 11.9 Å². The number of nitrogens with two attached hydrogens (primary N) is 1. The first kappa shape index (κ1) is 15.4. The fourth-order valence-electron chi connectivity index (χ4n) is 1.33. The number of nitrogens with zero attached hydrogens (tertiary/aromatic N) is 1. The molecule has 0 aliphatic heterocycles. The topological polar surface area (TPSA) is 111 Å². The van der Waals surface area contributed by atoms with Gasteiger partial charge >= 0.3 is 5.97 Å². The summed E-state index contributed by atoms with van der Waals surface area (Å²) in [5, 5.41) is 7.53. The van der Waals surface area contributed by atoms with Crippen molar-refractivity contribution >= 4 is 21.8 Å². The Labute approximate surface area is 112 Å². The summed E-state index contributed by atoms with van der Waals surface area (Å²) in [5.74, 6) is -0.234. The first-order chi connectivity index (χ1) is 8.66. The SMILES string of the molecule is CCOC(=O)C(C)(C)Nc1cccc(S(N)(=O)=O)n1. The molecule has 8 heteroatoms. The third-order valence-corrected chi connectivity index (χ3v) is 3.05. The van der Waals surface area contributed by atoms with Crippen LogP contribution >= 0.6 is 0 Å². The Morgan fingerprint density at radius 2 is 2.11 bits per heavy atom. The highest BCUT2D eigenvalue weighted by Gasteiger charge is 2.29. The fourth-order valence-corrected chi connectivity index (χ4v) is 1.82. The molecule has 0 bridgehead atoms. The smallest absolute Gasteiger partial charge is 0.331 e. The van der Waals surface area contributed by atoms with Crippen LogP contribution in [0.1, 0.15) is 20.8 Å². The lowest BCUT2D eigenvalue weighted by atomic mass is 10.1. The largest absolute Gasteiger partial charge is 0.464 e. The van der Waals surface area contributed by atoms with Crippen molar-refractivity contribution in [3.05, 3.63) is 18.2 Å². The second-order valence-electron chi connectivity index (χ2n) is 4.38. The highest BCUT2D eigenvalue weighted by molar-refractivity contribution is 7.89. The number of anilines is 1. The molecule has 0 saturated carbocycles. The first-order valence-corrected chi connectivity index (χ1v) is 7.16. The molecule has 7 nitrogen and oxygen atoms in total. The molecular formula is C11H17N3O4S. The molecule has 19 heavy (non-hydrogen) atoms. The molecule has 106 valence electrons. The normalized spacial score (nSPS) is 12.0.